The van der Waals surface area contributed by atoms with Gasteiger partial charge in [0.25, 0.3) is 0 Å². The number of primary amides is 1. The maximum absolute atomic E-state index is 10.7. The minimum atomic E-state index is -0.228. The van der Waals surface area contributed by atoms with Gasteiger partial charge in [-0.3, -0.25) is 4.79 Å². The molecule has 2 nitrogen and oxygen atoms in total. The van der Waals surface area contributed by atoms with Crippen LogP contribution in [0, 0.1) is 0 Å². The van der Waals surface area contributed by atoms with Crippen molar-refractivity contribution in [2.75, 3.05) is 11.9 Å². The highest BCUT2D eigenvalue weighted by atomic mass is 32.2. The predicted octanol–water partition coefficient (Wildman–Crippen LogP) is 0.872. The Balaban J connectivity index is 2.75. The van der Waals surface area contributed by atoms with Crippen LogP contribution >= 0.6 is 19.7 Å². The normalized spacial score (nSPS) is 21.4. The molecule has 4 heteroatoms. The highest BCUT2D eigenvalue weighted by Gasteiger charge is 2.05. The molecule has 1 rings (SSSR count). The first-order valence-electron chi connectivity index (χ1n) is 3.63. The van der Waals surface area contributed by atoms with Gasteiger partial charge in [-0.25, -0.2) is 0 Å². The lowest BCUT2D eigenvalue weighted by molar-refractivity contribution is -0.115. The molecule has 0 aromatic carbocycles. The fourth-order valence-corrected chi connectivity index (χ4v) is 3.24. The molecule has 66 valence electrons. The van der Waals surface area contributed by atoms with Gasteiger partial charge < -0.3 is 5.73 Å². The summed E-state index contributed by atoms with van der Waals surface area (Å²) in [6, 6.07) is 0. The summed E-state index contributed by atoms with van der Waals surface area (Å²) >= 11 is 0. The van der Waals surface area contributed by atoms with Crippen molar-refractivity contribution in [2.24, 2.45) is 5.73 Å². The lowest BCUT2D eigenvalue weighted by Crippen LogP contribution is -2.15. The lowest BCUT2D eigenvalue weighted by atomic mass is 10.4. The second-order valence-electron chi connectivity index (χ2n) is 2.40. The van der Waals surface area contributed by atoms with Crippen LogP contribution in [0.4, 0.5) is 0 Å². The average Bonchev–Trinajstić information content (AvgIpc) is 2.04. The van der Waals surface area contributed by atoms with E-state index in [2.05, 4.69) is 15.3 Å². The number of hydrogen-bond donors (Lipinski definition) is 1. The summed E-state index contributed by atoms with van der Waals surface area (Å²) in [4.78, 5) is 12.0. The van der Waals surface area contributed by atoms with Gasteiger partial charge in [-0.05, 0) is 16.4 Å². The Kier molecular flexibility index (Phi) is 3.70. The zero-order chi connectivity index (χ0) is 8.97. The van der Waals surface area contributed by atoms with Crippen molar-refractivity contribution in [3.63, 3.8) is 0 Å². The van der Waals surface area contributed by atoms with Crippen molar-refractivity contribution < 1.29 is 4.79 Å². The van der Waals surface area contributed by atoms with E-state index in [-0.39, 0.29) is 16.4 Å². The number of nitrogens with two attached hydrogens (primary N) is 1. The van der Waals surface area contributed by atoms with E-state index in [0.29, 0.717) is 5.75 Å². The van der Waals surface area contributed by atoms with E-state index in [1.54, 1.807) is 0 Å². The number of carbonyl (C=O) groups is 1. The largest absolute Gasteiger partial charge is 0.369 e. The molecule has 0 saturated heterocycles. The topological polar surface area (TPSA) is 43.1 Å². The summed E-state index contributed by atoms with van der Waals surface area (Å²) in [5, 5.41) is 2.05. The molecule has 2 unspecified atom stereocenters. The standard InChI is InChI=1S/C8H12NOPS/c9-8(10)6-12-4-2-1-3-7(12)5-11/h1-4H,5-6,11H2,(H2,9,10). The number of carbonyl (C=O) groups excluding carboxylic acids is 1. The first kappa shape index (κ1) is 9.69. The molecule has 0 aromatic rings. The Morgan fingerprint density at radius 2 is 2.33 bits per heavy atom. The predicted molar refractivity (Wildman–Crippen MR) is 59.5 cm³/mol. The Bertz CT molecular complexity index is 281. The van der Waals surface area contributed by atoms with E-state index < -0.39 is 0 Å². The molecule has 12 heavy (non-hydrogen) atoms. The van der Waals surface area contributed by atoms with Crippen molar-refractivity contribution >= 4 is 31.0 Å². The molecule has 2 atom stereocenters. The van der Waals surface area contributed by atoms with Crippen molar-refractivity contribution in [3.05, 3.63) is 23.1 Å². The number of hydrogen-bond acceptors (Lipinski definition) is 1. The Hall–Kier alpha value is -0.400. The zero-order valence-electron chi connectivity index (χ0n) is 6.69. The monoisotopic (exact) mass is 201 g/mol. The third-order valence-corrected chi connectivity index (χ3v) is 4.26. The SMILES string of the molecule is NC(=O)CS1=CC=CC=C1CP. The average molecular weight is 201 g/mol. The van der Waals surface area contributed by atoms with Crippen molar-refractivity contribution in [2.45, 2.75) is 0 Å². The lowest BCUT2D eigenvalue weighted by Gasteiger charge is -2.11. The Morgan fingerprint density at radius 1 is 1.58 bits per heavy atom. The smallest absolute Gasteiger partial charge is 0.227 e. The maximum atomic E-state index is 10.7. The fourth-order valence-electron chi connectivity index (χ4n) is 0.947. The van der Waals surface area contributed by atoms with E-state index >= 15 is 0 Å². The number of rotatable bonds is 3. The highest BCUT2D eigenvalue weighted by Crippen LogP contribution is 2.27. The van der Waals surface area contributed by atoms with E-state index in [1.165, 1.54) is 4.91 Å². The van der Waals surface area contributed by atoms with Crippen LogP contribution in [0.5, 0.6) is 0 Å². The second-order valence-corrected chi connectivity index (χ2v) is 4.75. The Labute approximate surface area is 77.0 Å². The third kappa shape index (κ3) is 2.58. The van der Waals surface area contributed by atoms with Crippen molar-refractivity contribution in [1.82, 2.24) is 0 Å². The molecular weight excluding hydrogens is 189 g/mol. The third-order valence-electron chi connectivity index (χ3n) is 1.47. The summed E-state index contributed by atoms with van der Waals surface area (Å²) < 4.78 is 0. The summed E-state index contributed by atoms with van der Waals surface area (Å²) in [6.07, 6.45) is 6.93. The van der Waals surface area contributed by atoms with Gasteiger partial charge in [-0.2, -0.15) is 0 Å². The number of allylic oxidation sites excluding steroid dienone is 4. The van der Waals surface area contributed by atoms with Gasteiger partial charge in [0.2, 0.25) is 5.91 Å². The Morgan fingerprint density at radius 3 is 2.92 bits per heavy atom. The van der Waals surface area contributed by atoms with E-state index in [0.717, 1.165) is 6.16 Å². The zero-order valence-corrected chi connectivity index (χ0v) is 8.67. The van der Waals surface area contributed by atoms with Crippen LogP contribution in [-0.2, 0) is 4.79 Å². The minimum Gasteiger partial charge on any atom is -0.369 e. The minimum absolute atomic E-state index is 0.0586. The molecule has 1 aliphatic heterocycles. The van der Waals surface area contributed by atoms with E-state index in [9.17, 15) is 4.79 Å². The van der Waals surface area contributed by atoms with Crippen LogP contribution < -0.4 is 5.73 Å². The molecule has 0 bridgehead atoms. The van der Waals surface area contributed by atoms with Gasteiger partial charge in [-0.1, -0.05) is 18.2 Å². The molecule has 0 aromatic heterocycles. The molecule has 0 saturated carbocycles. The molecule has 2 N–H and O–H groups in total. The number of amides is 1. The molecule has 1 amide bonds. The van der Waals surface area contributed by atoms with Gasteiger partial charge in [0.15, 0.2) is 0 Å². The van der Waals surface area contributed by atoms with Crippen LogP contribution in [0.15, 0.2) is 23.1 Å². The molecule has 0 radical (unpaired) electrons. The van der Waals surface area contributed by atoms with E-state index in [1.807, 2.05) is 17.5 Å². The maximum Gasteiger partial charge on any atom is 0.227 e. The van der Waals surface area contributed by atoms with Crippen LogP contribution in [0.25, 0.3) is 0 Å². The summed E-state index contributed by atoms with van der Waals surface area (Å²) in [5.74, 6) is 0.221. The summed E-state index contributed by atoms with van der Waals surface area (Å²) in [7, 11) is 2.61. The molecule has 0 aliphatic carbocycles. The van der Waals surface area contributed by atoms with E-state index in [4.69, 9.17) is 5.73 Å². The molecular formula is C8H12NOPS. The molecule has 0 fully saturated rings. The van der Waals surface area contributed by atoms with Gasteiger partial charge in [0.05, 0.1) is 5.75 Å². The van der Waals surface area contributed by atoms with Gasteiger partial charge >= 0.3 is 0 Å². The highest BCUT2D eigenvalue weighted by molar-refractivity contribution is 8.19. The summed E-state index contributed by atoms with van der Waals surface area (Å²) in [5.41, 5.74) is 5.13. The quantitative estimate of drug-likeness (QED) is 0.534. The van der Waals surface area contributed by atoms with Crippen LogP contribution in [-0.4, -0.2) is 23.2 Å². The van der Waals surface area contributed by atoms with Gasteiger partial charge in [0.1, 0.15) is 0 Å². The van der Waals surface area contributed by atoms with Crippen LogP contribution in [0.1, 0.15) is 0 Å². The molecule has 1 aliphatic rings. The second kappa shape index (κ2) is 4.58. The first-order chi connectivity index (χ1) is 5.74. The molecule has 1 heterocycles. The first-order valence-corrected chi connectivity index (χ1v) is 5.90. The van der Waals surface area contributed by atoms with Crippen molar-refractivity contribution in [3.8, 4) is 0 Å². The van der Waals surface area contributed by atoms with Gasteiger partial charge in [0, 0.05) is 0 Å². The molecule has 0 spiro atoms. The summed E-state index contributed by atoms with van der Waals surface area (Å²) in [6.45, 7) is 0. The van der Waals surface area contributed by atoms with Crippen LogP contribution in [0.3, 0.4) is 0 Å². The fraction of sp³-hybridized carbons (Fsp3) is 0.250. The van der Waals surface area contributed by atoms with Crippen molar-refractivity contribution in [1.29, 1.82) is 0 Å². The van der Waals surface area contributed by atoms with Crippen LogP contribution in [0.2, 0.25) is 0 Å². The van der Waals surface area contributed by atoms with Gasteiger partial charge in [-0.15, -0.1) is 19.7 Å².